The molecule has 2 N–H and O–H groups in total. The molecule has 1 aliphatic heterocycles. The average Bonchev–Trinajstić information content (AvgIpc) is 2.50. The molecule has 0 saturated carbocycles. The van der Waals surface area contributed by atoms with Gasteiger partial charge < -0.3 is 10.6 Å². The van der Waals surface area contributed by atoms with Gasteiger partial charge in [-0.15, -0.1) is 4.40 Å². The number of nitrogens with zero attached hydrogens (tertiary/aromatic N) is 1. The highest BCUT2D eigenvalue weighted by molar-refractivity contribution is 7.90. The number of carbonyl (C=O) groups is 1. The van der Waals surface area contributed by atoms with Gasteiger partial charge in [0.1, 0.15) is 10.7 Å². The van der Waals surface area contributed by atoms with E-state index >= 15 is 0 Å². The highest BCUT2D eigenvalue weighted by atomic mass is 32.2. The standard InChI is InChI=1S/C15H11F2N3O3S/c16-10-6-5-9(7-11(10)17)18-15(21)8-14-19-12-3-1-2-4-13(12)24(22,23)20-14/h1-7H,8H2,(H,18,21)(H,19,20). The molecule has 124 valence electrons. The fraction of sp³-hybridized carbons (Fsp3) is 0.0667. The summed E-state index contributed by atoms with van der Waals surface area (Å²) in [7, 11) is -3.89. The molecule has 0 atom stereocenters. The number of benzene rings is 2. The van der Waals surface area contributed by atoms with Crippen molar-refractivity contribution in [2.75, 3.05) is 10.6 Å². The number of hydrogen-bond donors (Lipinski definition) is 2. The van der Waals surface area contributed by atoms with Crippen LogP contribution >= 0.6 is 0 Å². The predicted molar refractivity (Wildman–Crippen MR) is 84.3 cm³/mol. The van der Waals surface area contributed by atoms with Crippen LogP contribution in [0.5, 0.6) is 0 Å². The quantitative estimate of drug-likeness (QED) is 0.889. The van der Waals surface area contributed by atoms with Crippen molar-refractivity contribution in [1.82, 2.24) is 0 Å². The van der Waals surface area contributed by atoms with Gasteiger partial charge in [-0.3, -0.25) is 4.79 Å². The molecule has 1 aliphatic rings. The van der Waals surface area contributed by atoms with E-state index in [4.69, 9.17) is 0 Å². The number of fused-ring (bicyclic) bond motifs is 1. The zero-order chi connectivity index (χ0) is 17.3. The van der Waals surface area contributed by atoms with Crippen LogP contribution in [0.3, 0.4) is 0 Å². The van der Waals surface area contributed by atoms with E-state index in [2.05, 4.69) is 15.0 Å². The molecule has 0 spiro atoms. The maximum Gasteiger partial charge on any atom is 0.286 e. The number of anilines is 2. The van der Waals surface area contributed by atoms with Crippen molar-refractivity contribution in [3.05, 3.63) is 54.1 Å². The van der Waals surface area contributed by atoms with Crippen molar-refractivity contribution in [2.24, 2.45) is 4.40 Å². The average molecular weight is 351 g/mol. The first-order valence-corrected chi connectivity index (χ1v) is 8.24. The van der Waals surface area contributed by atoms with Crippen LogP contribution in [-0.4, -0.2) is 20.2 Å². The van der Waals surface area contributed by atoms with Crippen LogP contribution in [0.1, 0.15) is 6.42 Å². The second-order valence-corrected chi connectivity index (χ2v) is 6.56. The molecular formula is C15H11F2N3O3S. The SMILES string of the molecule is O=C(CC1=NS(=O)(=O)c2ccccc2N1)Nc1ccc(F)c(F)c1. The first-order valence-electron chi connectivity index (χ1n) is 6.80. The summed E-state index contributed by atoms with van der Waals surface area (Å²) in [5.41, 5.74) is 0.377. The first-order chi connectivity index (χ1) is 11.3. The summed E-state index contributed by atoms with van der Waals surface area (Å²) < 4.78 is 53.6. The van der Waals surface area contributed by atoms with Crippen LogP contribution in [0.4, 0.5) is 20.2 Å². The first kappa shape index (κ1) is 16.1. The topological polar surface area (TPSA) is 87.6 Å². The summed E-state index contributed by atoms with van der Waals surface area (Å²) in [5.74, 6) is -2.82. The van der Waals surface area contributed by atoms with Gasteiger partial charge in [0, 0.05) is 11.8 Å². The fourth-order valence-electron chi connectivity index (χ4n) is 2.17. The molecular weight excluding hydrogens is 340 g/mol. The van der Waals surface area contributed by atoms with Crippen LogP contribution < -0.4 is 10.6 Å². The molecule has 6 nitrogen and oxygen atoms in total. The van der Waals surface area contributed by atoms with Gasteiger partial charge in [-0.25, -0.2) is 8.78 Å². The summed E-state index contributed by atoms with van der Waals surface area (Å²) in [6, 6.07) is 9.06. The van der Waals surface area contributed by atoms with Gasteiger partial charge in [0.15, 0.2) is 11.6 Å². The highest BCUT2D eigenvalue weighted by Crippen LogP contribution is 2.27. The Hall–Kier alpha value is -2.81. The molecule has 0 unspecified atom stereocenters. The van der Waals surface area contributed by atoms with Crippen molar-refractivity contribution in [2.45, 2.75) is 11.3 Å². The van der Waals surface area contributed by atoms with E-state index in [9.17, 15) is 22.0 Å². The third-order valence-corrected chi connectivity index (χ3v) is 4.58. The number of nitrogens with one attached hydrogen (secondary N) is 2. The summed E-state index contributed by atoms with van der Waals surface area (Å²) in [6.45, 7) is 0. The van der Waals surface area contributed by atoms with Gasteiger partial charge in [-0.2, -0.15) is 8.42 Å². The van der Waals surface area contributed by atoms with E-state index in [0.717, 1.165) is 12.1 Å². The number of amidine groups is 1. The second kappa shape index (κ2) is 6.00. The van der Waals surface area contributed by atoms with Crippen LogP contribution in [0.15, 0.2) is 51.8 Å². The number of carbonyl (C=O) groups excluding carboxylic acids is 1. The van der Waals surface area contributed by atoms with Gasteiger partial charge >= 0.3 is 0 Å². The smallest absolute Gasteiger partial charge is 0.286 e. The van der Waals surface area contributed by atoms with E-state index < -0.39 is 27.6 Å². The summed E-state index contributed by atoms with van der Waals surface area (Å²) in [6.07, 6.45) is -0.368. The molecule has 9 heteroatoms. The van der Waals surface area contributed by atoms with E-state index in [0.29, 0.717) is 5.69 Å². The fourth-order valence-corrected chi connectivity index (χ4v) is 3.32. The Labute approximate surface area is 136 Å². The lowest BCUT2D eigenvalue weighted by atomic mass is 10.2. The lowest BCUT2D eigenvalue weighted by Gasteiger charge is -2.17. The largest absolute Gasteiger partial charge is 0.341 e. The van der Waals surface area contributed by atoms with Gasteiger partial charge in [0.2, 0.25) is 5.91 Å². The number of halogens is 2. The Balaban J connectivity index is 1.76. The summed E-state index contributed by atoms with van der Waals surface area (Å²) >= 11 is 0. The van der Waals surface area contributed by atoms with Crippen LogP contribution in [0.2, 0.25) is 0 Å². The lowest BCUT2D eigenvalue weighted by molar-refractivity contribution is -0.115. The minimum atomic E-state index is -3.89. The van der Waals surface area contributed by atoms with E-state index in [1.807, 2.05) is 0 Å². The lowest BCUT2D eigenvalue weighted by Crippen LogP contribution is -2.26. The zero-order valence-corrected chi connectivity index (χ0v) is 12.9. The molecule has 2 aromatic rings. The Kier molecular flexibility index (Phi) is 4.02. The molecule has 1 amide bonds. The molecule has 3 rings (SSSR count). The van der Waals surface area contributed by atoms with Crippen molar-refractivity contribution >= 4 is 33.1 Å². The summed E-state index contributed by atoms with van der Waals surface area (Å²) in [4.78, 5) is 12.0. The molecule has 24 heavy (non-hydrogen) atoms. The Morgan fingerprint density at radius 2 is 1.88 bits per heavy atom. The molecule has 0 radical (unpaired) electrons. The second-order valence-electron chi connectivity index (χ2n) is 4.99. The maximum atomic E-state index is 13.1. The monoisotopic (exact) mass is 351 g/mol. The number of hydrogen-bond acceptors (Lipinski definition) is 4. The Morgan fingerprint density at radius 3 is 2.62 bits per heavy atom. The molecule has 0 aliphatic carbocycles. The third kappa shape index (κ3) is 3.25. The van der Waals surface area contributed by atoms with Crippen molar-refractivity contribution in [3.63, 3.8) is 0 Å². The number of para-hydroxylation sites is 1. The minimum Gasteiger partial charge on any atom is -0.341 e. The molecule has 0 bridgehead atoms. The molecule has 1 heterocycles. The molecule has 2 aromatic carbocycles. The van der Waals surface area contributed by atoms with E-state index in [1.165, 1.54) is 12.1 Å². The maximum absolute atomic E-state index is 13.1. The van der Waals surface area contributed by atoms with Crippen LogP contribution in [0.25, 0.3) is 0 Å². The number of amides is 1. The van der Waals surface area contributed by atoms with Crippen LogP contribution in [-0.2, 0) is 14.8 Å². The van der Waals surface area contributed by atoms with Crippen LogP contribution in [0, 0.1) is 11.6 Å². The Morgan fingerprint density at radius 1 is 1.12 bits per heavy atom. The van der Waals surface area contributed by atoms with Crippen molar-refractivity contribution in [1.29, 1.82) is 0 Å². The van der Waals surface area contributed by atoms with E-state index in [1.54, 1.807) is 18.2 Å². The Bertz CT molecular complexity index is 958. The third-order valence-electron chi connectivity index (χ3n) is 3.21. The highest BCUT2D eigenvalue weighted by Gasteiger charge is 2.25. The minimum absolute atomic E-state index is 0.0229. The van der Waals surface area contributed by atoms with Gasteiger partial charge in [0.25, 0.3) is 10.0 Å². The molecule has 0 aromatic heterocycles. The zero-order valence-electron chi connectivity index (χ0n) is 12.1. The normalized spacial score (nSPS) is 15.0. The molecule has 0 saturated heterocycles. The molecule has 0 fully saturated rings. The predicted octanol–water partition coefficient (Wildman–Crippen LogP) is 2.51. The van der Waals surface area contributed by atoms with Crippen molar-refractivity contribution in [3.8, 4) is 0 Å². The van der Waals surface area contributed by atoms with Gasteiger partial charge in [0.05, 0.1) is 12.1 Å². The number of rotatable bonds is 3. The van der Waals surface area contributed by atoms with E-state index in [-0.39, 0.29) is 22.8 Å². The summed E-state index contributed by atoms with van der Waals surface area (Å²) in [5, 5.41) is 5.11. The number of sulfonamides is 1. The van der Waals surface area contributed by atoms with Gasteiger partial charge in [-0.05, 0) is 24.3 Å². The van der Waals surface area contributed by atoms with Crippen molar-refractivity contribution < 1.29 is 22.0 Å². The van der Waals surface area contributed by atoms with Gasteiger partial charge in [-0.1, -0.05) is 12.1 Å².